The minimum absolute atomic E-state index is 0.262. The molecule has 0 aliphatic rings. The Morgan fingerprint density at radius 1 is 1.24 bits per heavy atom. The smallest absolute Gasteiger partial charge is 0.199 e. The van der Waals surface area contributed by atoms with Crippen LogP contribution in [0, 0.1) is 6.92 Å². The van der Waals surface area contributed by atoms with Gasteiger partial charge in [0.1, 0.15) is 0 Å². The first-order chi connectivity index (χ1) is 7.63. The summed E-state index contributed by atoms with van der Waals surface area (Å²) in [5.41, 5.74) is 0.804. The lowest BCUT2D eigenvalue weighted by atomic mass is 10.2. The van der Waals surface area contributed by atoms with Crippen LogP contribution in [0.1, 0.15) is 5.56 Å². The number of rotatable bonds is 2. The summed E-state index contributed by atoms with van der Waals surface area (Å²) in [4.78, 5) is -0.262. The standard InChI is InChI=1S/C9H7F3INO2S/c1-6-2-4-7(5-3-6)17(15,16)14-8(13)9(10,11)12/h2-5H,1H3/b14-8-. The third-order valence-corrected chi connectivity index (χ3v) is 4.22. The number of alkyl halides is 3. The van der Waals surface area contributed by atoms with Gasteiger partial charge in [0.05, 0.1) is 4.90 Å². The Balaban J connectivity index is 3.18. The van der Waals surface area contributed by atoms with Gasteiger partial charge in [-0.2, -0.15) is 21.6 Å². The predicted molar refractivity (Wildman–Crippen MR) is 65.9 cm³/mol. The van der Waals surface area contributed by atoms with Gasteiger partial charge >= 0.3 is 6.18 Å². The lowest BCUT2D eigenvalue weighted by molar-refractivity contribution is -0.0543. The Bertz CT molecular complexity index is 534. The zero-order valence-electron chi connectivity index (χ0n) is 8.49. The highest BCUT2D eigenvalue weighted by Gasteiger charge is 2.35. The largest absolute Gasteiger partial charge is 0.440 e. The molecule has 0 spiro atoms. The molecule has 0 aromatic heterocycles. The van der Waals surface area contributed by atoms with Crippen molar-refractivity contribution in [3.63, 3.8) is 0 Å². The summed E-state index contributed by atoms with van der Waals surface area (Å²) in [6.07, 6.45) is -4.75. The summed E-state index contributed by atoms with van der Waals surface area (Å²) < 4.78 is 60.8. The minimum Gasteiger partial charge on any atom is -0.199 e. The molecule has 0 heterocycles. The number of hydrogen-bond donors (Lipinski definition) is 0. The molecular formula is C9H7F3INO2S. The van der Waals surface area contributed by atoms with E-state index >= 15 is 0 Å². The fourth-order valence-corrected chi connectivity index (χ4v) is 2.60. The molecule has 8 heteroatoms. The Labute approximate surface area is 110 Å². The second-order valence-electron chi connectivity index (χ2n) is 3.17. The van der Waals surface area contributed by atoms with Crippen molar-refractivity contribution in [3.05, 3.63) is 29.8 Å². The summed E-state index contributed by atoms with van der Waals surface area (Å²) >= 11 is 0.853. The molecule has 0 atom stereocenters. The molecule has 0 fully saturated rings. The fourth-order valence-electron chi connectivity index (χ4n) is 0.920. The average Bonchev–Trinajstić information content (AvgIpc) is 2.16. The summed E-state index contributed by atoms with van der Waals surface area (Å²) in [6.45, 7) is 1.74. The second kappa shape index (κ2) is 4.92. The molecule has 0 N–H and O–H groups in total. The lowest BCUT2D eigenvalue weighted by Crippen LogP contribution is -2.18. The van der Waals surface area contributed by atoms with Crippen molar-refractivity contribution in [2.24, 2.45) is 4.40 Å². The monoisotopic (exact) mass is 377 g/mol. The Hall–Kier alpha value is -0.640. The van der Waals surface area contributed by atoms with E-state index < -0.39 is 19.9 Å². The Morgan fingerprint density at radius 3 is 2.12 bits per heavy atom. The van der Waals surface area contributed by atoms with E-state index in [1.165, 1.54) is 24.3 Å². The molecule has 0 amide bonds. The van der Waals surface area contributed by atoms with E-state index in [1.54, 1.807) is 6.92 Å². The van der Waals surface area contributed by atoms with Crippen molar-refractivity contribution < 1.29 is 21.6 Å². The molecule has 1 rings (SSSR count). The van der Waals surface area contributed by atoms with Gasteiger partial charge in [-0.1, -0.05) is 17.7 Å². The molecule has 0 radical (unpaired) electrons. The first kappa shape index (κ1) is 14.4. The molecule has 0 saturated carbocycles. The van der Waals surface area contributed by atoms with Crippen molar-refractivity contribution in [1.29, 1.82) is 0 Å². The van der Waals surface area contributed by atoms with Crippen LogP contribution in [-0.2, 0) is 10.0 Å². The molecule has 0 aliphatic carbocycles. The van der Waals surface area contributed by atoms with Gasteiger partial charge in [-0.05, 0) is 41.6 Å². The van der Waals surface area contributed by atoms with E-state index in [0.717, 1.165) is 28.2 Å². The number of nitrogens with zero attached hydrogens (tertiary/aromatic N) is 1. The van der Waals surface area contributed by atoms with Gasteiger partial charge in [-0.25, -0.2) is 0 Å². The molecule has 0 aliphatic heterocycles. The highest BCUT2D eigenvalue weighted by atomic mass is 127. The minimum atomic E-state index is -4.75. The van der Waals surface area contributed by atoms with Crippen molar-refractivity contribution in [2.75, 3.05) is 0 Å². The fraction of sp³-hybridized carbons (Fsp3) is 0.222. The van der Waals surface area contributed by atoms with Crippen LogP contribution in [0.4, 0.5) is 13.2 Å². The second-order valence-corrected chi connectivity index (χ2v) is 5.79. The van der Waals surface area contributed by atoms with Crippen LogP contribution in [0.5, 0.6) is 0 Å². The Morgan fingerprint density at radius 2 is 1.71 bits per heavy atom. The summed E-state index contributed by atoms with van der Waals surface area (Å²) in [5, 5.41) is 0. The third kappa shape index (κ3) is 3.95. The van der Waals surface area contributed by atoms with Crippen LogP contribution < -0.4 is 0 Å². The van der Waals surface area contributed by atoms with Crippen LogP contribution in [-0.4, -0.2) is 18.3 Å². The van der Waals surface area contributed by atoms with E-state index in [0.29, 0.717) is 0 Å². The van der Waals surface area contributed by atoms with Crippen molar-refractivity contribution >= 4 is 36.3 Å². The summed E-state index contributed by atoms with van der Waals surface area (Å²) in [6, 6.07) is 5.41. The normalized spacial score (nSPS) is 13.8. The predicted octanol–water partition coefficient (Wildman–Crippen LogP) is 3.08. The highest BCUT2D eigenvalue weighted by Crippen LogP contribution is 2.24. The zero-order valence-corrected chi connectivity index (χ0v) is 11.5. The topological polar surface area (TPSA) is 46.5 Å². The summed E-state index contributed by atoms with van der Waals surface area (Å²) in [7, 11) is -4.30. The van der Waals surface area contributed by atoms with Crippen LogP contribution in [0.15, 0.2) is 33.6 Å². The number of hydrogen-bond acceptors (Lipinski definition) is 2. The molecule has 0 unspecified atom stereocenters. The zero-order chi connectivity index (χ0) is 13.3. The van der Waals surface area contributed by atoms with Gasteiger partial charge in [0.2, 0.25) is 0 Å². The molecular weight excluding hydrogens is 370 g/mol. The van der Waals surface area contributed by atoms with Crippen molar-refractivity contribution in [2.45, 2.75) is 18.0 Å². The number of halogens is 4. The SMILES string of the molecule is Cc1ccc(S(=O)(=O)/N=C(\I)C(F)(F)F)cc1. The summed E-state index contributed by atoms with van der Waals surface area (Å²) in [5.74, 6) is 0. The van der Waals surface area contributed by atoms with Crippen LogP contribution in [0.3, 0.4) is 0 Å². The van der Waals surface area contributed by atoms with Gasteiger partial charge in [0, 0.05) is 0 Å². The van der Waals surface area contributed by atoms with Crippen LogP contribution in [0.25, 0.3) is 0 Å². The van der Waals surface area contributed by atoms with Gasteiger partial charge < -0.3 is 0 Å². The average molecular weight is 377 g/mol. The number of aryl methyl sites for hydroxylation is 1. The third-order valence-electron chi connectivity index (χ3n) is 1.75. The molecule has 0 saturated heterocycles. The van der Waals surface area contributed by atoms with E-state index in [2.05, 4.69) is 4.40 Å². The quantitative estimate of drug-likeness (QED) is 0.588. The van der Waals surface area contributed by atoms with Crippen LogP contribution in [0.2, 0.25) is 0 Å². The van der Waals surface area contributed by atoms with E-state index in [9.17, 15) is 21.6 Å². The van der Waals surface area contributed by atoms with Gasteiger partial charge in [0.25, 0.3) is 10.0 Å². The maximum atomic E-state index is 12.2. The molecule has 94 valence electrons. The number of sulfonamides is 1. The molecule has 1 aromatic rings. The van der Waals surface area contributed by atoms with Crippen molar-refractivity contribution in [1.82, 2.24) is 0 Å². The maximum Gasteiger partial charge on any atom is 0.440 e. The molecule has 3 nitrogen and oxygen atoms in total. The molecule has 1 aromatic carbocycles. The van der Waals surface area contributed by atoms with Gasteiger partial charge in [-0.3, -0.25) is 0 Å². The lowest BCUT2D eigenvalue weighted by Gasteiger charge is -2.04. The molecule has 17 heavy (non-hydrogen) atoms. The van der Waals surface area contributed by atoms with Gasteiger partial charge in [0.15, 0.2) is 3.72 Å². The van der Waals surface area contributed by atoms with E-state index in [4.69, 9.17) is 0 Å². The first-order valence-corrected chi connectivity index (χ1v) is 6.79. The van der Waals surface area contributed by atoms with E-state index in [-0.39, 0.29) is 4.90 Å². The highest BCUT2D eigenvalue weighted by molar-refractivity contribution is 14.1. The van der Waals surface area contributed by atoms with Crippen molar-refractivity contribution in [3.8, 4) is 0 Å². The van der Waals surface area contributed by atoms with E-state index in [1.807, 2.05) is 0 Å². The first-order valence-electron chi connectivity index (χ1n) is 4.27. The Kier molecular flexibility index (Phi) is 4.18. The molecule has 0 bridgehead atoms. The van der Waals surface area contributed by atoms with Crippen LogP contribution >= 0.6 is 22.6 Å². The maximum absolute atomic E-state index is 12.2. The number of benzene rings is 1. The van der Waals surface area contributed by atoms with Gasteiger partial charge in [-0.15, -0.1) is 4.40 Å².